The molecule has 1 saturated carbocycles. The summed E-state index contributed by atoms with van der Waals surface area (Å²) < 4.78 is 23.2. The van der Waals surface area contributed by atoms with Crippen LogP contribution in [0.3, 0.4) is 0 Å². The molecule has 0 radical (unpaired) electrons. The molecule has 3 aliphatic rings. The Balaban J connectivity index is 1.66. The zero-order valence-electron chi connectivity index (χ0n) is 17.8. The van der Waals surface area contributed by atoms with Crippen LogP contribution in [-0.4, -0.2) is 119 Å². The van der Waals surface area contributed by atoms with Crippen molar-refractivity contribution in [2.75, 3.05) is 13.2 Å². The lowest BCUT2D eigenvalue weighted by Gasteiger charge is -2.46. The van der Waals surface area contributed by atoms with Crippen molar-refractivity contribution in [2.24, 2.45) is 34.4 Å². The first-order valence-electron chi connectivity index (χ1n) is 10.8. The Bertz CT molecular complexity index is 558. The average molecular weight is 467 g/mol. The second-order valence-corrected chi connectivity index (χ2v) is 8.89. The predicted molar refractivity (Wildman–Crippen MR) is 110 cm³/mol. The molecule has 0 bridgehead atoms. The monoisotopic (exact) mass is 466 g/mol. The summed E-state index contributed by atoms with van der Waals surface area (Å²) in [5, 5.41) is 39.5. The van der Waals surface area contributed by atoms with Gasteiger partial charge in [0.1, 0.15) is 12.2 Å². The average Bonchev–Trinajstić information content (AvgIpc) is 2.77. The van der Waals surface area contributed by atoms with E-state index < -0.39 is 98.7 Å². The van der Waals surface area contributed by atoms with Crippen molar-refractivity contribution >= 4 is 0 Å². The quantitative estimate of drug-likeness (QED) is 0.174. The van der Waals surface area contributed by atoms with Crippen LogP contribution in [0.15, 0.2) is 0 Å². The molecular formula is C18H38N6O8. The molecule has 32 heavy (non-hydrogen) atoms. The van der Waals surface area contributed by atoms with Gasteiger partial charge in [-0.2, -0.15) is 0 Å². The summed E-state index contributed by atoms with van der Waals surface area (Å²) in [4.78, 5) is 0. The second-order valence-electron chi connectivity index (χ2n) is 8.89. The second kappa shape index (κ2) is 10.8. The molecule has 1 aliphatic carbocycles. The number of ether oxygens (including phenoxy) is 4. The molecule has 188 valence electrons. The fraction of sp³-hybridized carbons (Fsp3) is 1.00. The van der Waals surface area contributed by atoms with Gasteiger partial charge in [-0.05, 0) is 6.42 Å². The highest BCUT2D eigenvalue weighted by Gasteiger charge is 2.47. The zero-order chi connectivity index (χ0) is 23.7. The van der Waals surface area contributed by atoms with E-state index >= 15 is 0 Å². The van der Waals surface area contributed by atoms with Gasteiger partial charge in [0.15, 0.2) is 12.6 Å². The van der Waals surface area contributed by atoms with Crippen molar-refractivity contribution in [2.45, 2.75) is 98.3 Å². The molecule has 2 aliphatic heterocycles. The third-order valence-electron chi connectivity index (χ3n) is 6.62. The molecule has 14 nitrogen and oxygen atoms in total. The Morgan fingerprint density at radius 2 is 1.00 bits per heavy atom. The Hall–Kier alpha value is -0.560. The highest BCUT2D eigenvalue weighted by molar-refractivity contribution is 4.98. The number of nitrogens with two attached hydrogens (primary N) is 6. The zero-order valence-corrected chi connectivity index (χ0v) is 17.8. The van der Waals surface area contributed by atoms with E-state index in [0.29, 0.717) is 6.42 Å². The topological polar surface area (TPSA) is 274 Å². The van der Waals surface area contributed by atoms with E-state index in [4.69, 9.17) is 53.3 Å². The van der Waals surface area contributed by atoms with Gasteiger partial charge in [-0.3, -0.25) is 0 Å². The van der Waals surface area contributed by atoms with Gasteiger partial charge in [0.05, 0.1) is 61.8 Å². The van der Waals surface area contributed by atoms with Crippen LogP contribution in [-0.2, 0) is 18.9 Å². The molecule has 0 aromatic carbocycles. The molecule has 16 N–H and O–H groups in total. The number of aliphatic hydroxyl groups excluding tert-OH is 4. The van der Waals surface area contributed by atoms with Crippen molar-refractivity contribution in [1.82, 2.24) is 0 Å². The maximum Gasteiger partial charge on any atom is 0.176 e. The number of rotatable bonds is 6. The highest BCUT2D eigenvalue weighted by Crippen LogP contribution is 2.30. The molecule has 14 heteroatoms. The highest BCUT2D eigenvalue weighted by atomic mass is 16.7. The summed E-state index contributed by atoms with van der Waals surface area (Å²) in [6.45, 7) is -0.822. The van der Waals surface area contributed by atoms with Gasteiger partial charge < -0.3 is 73.8 Å². The van der Waals surface area contributed by atoms with E-state index in [-0.39, 0.29) is 6.42 Å². The van der Waals surface area contributed by atoms with Crippen LogP contribution in [0.25, 0.3) is 0 Å². The lowest BCUT2D eigenvalue weighted by atomic mass is 9.86. The minimum atomic E-state index is -1.14. The van der Waals surface area contributed by atoms with Crippen LogP contribution in [0.4, 0.5) is 0 Å². The molecular weight excluding hydrogens is 428 g/mol. The van der Waals surface area contributed by atoms with Crippen LogP contribution >= 0.6 is 0 Å². The predicted octanol–water partition coefficient (Wildman–Crippen LogP) is -6.33. The summed E-state index contributed by atoms with van der Waals surface area (Å²) in [5.74, 6) is 0. The van der Waals surface area contributed by atoms with Gasteiger partial charge in [0.2, 0.25) is 0 Å². The maximum absolute atomic E-state index is 10.3. The molecule has 14 atom stereocenters. The summed E-state index contributed by atoms with van der Waals surface area (Å²) >= 11 is 0. The summed E-state index contributed by atoms with van der Waals surface area (Å²) in [6.07, 6.45) is -6.77. The first-order valence-corrected chi connectivity index (χ1v) is 10.8. The fourth-order valence-corrected chi connectivity index (χ4v) is 4.41. The Kier molecular flexibility index (Phi) is 8.79. The van der Waals surface area contributed by atoms with Gasteiger partial charge in [-0.25, -0.2) is 0 Å². The standard InChI is InChI=1S/C18H38N6O8/c19-5-1-6(20)8(30-18-14(24)16(28)12(22)10(4-26)32-18)2-7(5)29-17-13(23)15(27)11(21)9(3-25)31-17/h5-18,25-28H,1-4,19-24H2/t5-,6+,7-,8+,9-,10-,11+,12+,13-,14-,15+,16+,17+,18+/m1/s1. The molecule has 3 fully saturated rings. The van der Waals surface area contributed by atoms with E-state index in [9.17, 15) is 20.4 Å². The van der Waals surface area contributed by atoms with Crippen molar-refractivity contribution in [1.29, 1.82) is 0 Å². The largest absolute Gasteiger partial charge is 0.394 e. The van der Waals surface area contributed by atoms with E-state index in [2.05, 4.69) is 0 Å². The third kappa shape index (κ3) is 5.24. The molecule has 2 saturated heterocycles. The van der Waals surface area contributed by atoms with Crippen LogP contribution < -0.4 is 34.4 Å². The lowest BCUT2D eigenvalue weighted by molar-refractivity contribution is -0.279. The minimum Gasteiger partial charge on any atom is -0.394 e. The van der Waals surface area contributed by atoms with Crippen molar-refractivity contribution < 1.29 is 39.4 Å². The van der Waals surface area contributed by atoms with Crippen molar-refractivity contribution in [3.8, 4) is 0 Å². The molecule has 0 amide bonds. The first-order chi connectivity index (χ1) is 15.1. The maximum atomic E-state index is 10.3. The summed E-state index contributed by atoms with van der Waals surface area (Å²) in [7, 11) is 0. The molecule has 3 rings (SSSR count). The summed E-state index contributed by atoms with van der Waals surface area (Å²) in [6, 6.07) is -4.58. The lowest BCUT2D eigenvalue weighted by Crippen LogP contribution is -2.67. The van der Waals surface area contributed by atoms with Gasteiger partial charge >= 0.3 is 0 Å². The van der Waals surface area contributed by atoms with E-state index in [1.807, 2.05) is 0 Å². The number of aliphatic hydroxyl groups is 4. The molecule has 0 unspecified atom stereocenters. The van der Waals surface area contributed by atoms with Gasteiger partial charge in [0, 0.05) is 18.5 Å². The Labute approximate surface area is 186 Å². The van der Waals surface area contributed by atoms with Crippen molar-refractivity contribution in [3.63, 3.8) is 0 Å². The van der Waals surface area contributed by atoms with Crippen LogP contribution in [0.1, 0.15) is 12.8 Å². The van der Waals surface area contributed by atoms with E-state index in [1.54, 1.807) is 0 Å². The van der Waals surface area contributed by atoms with Gasteiger partial charge in [0.25, 0.3) is 0 Å². The van der Waals surface area contributed by atoms with Crippen molar-refractivity contribution in [3.05, 3.63) is 0 Å². The smallest absolute Gasteiger partial charge is 0.176 e. The Morgan fingerprint density at radius 3 is 1.34 bits per heavy atom. The molecule has 0 aromatic heterocycles. The number of hydrogen-bond donors (Lipinski definition) is 10. The van der Waals surface area contributed by atoms with E-state index in [1.165, 1.54) is 0 Å². The molecule has 2 heterocycles. The van der Waals surface area contributed by atoms with Crippen LogP contribution in [0, 0.1) is 0 Å². The molecule has 0 aromatic rings. The SMILES string of the molecule is N[C@@H]1[C@H](O)[C@@H](N)[C@@H](O[C@@H]2C[C@H](O[C@H]3O[C@H](CO)[C@H](N)[C@H](O)[C@H]3N)[C@@H](N)C[C@H]2N)O[C@@H]1CO. The first kappa shape index (κ1) is 26.1. The third-order valence-corrected chi connectivity index (χ3v) is 6.62. The van der Waals surface area contributed by atoms with Crippen LogP contribution in [0.5, 0.6) is 0 Å². The fourth-order valence-electron chi connectivity index (χ4n) is 4.41. The van der Waals surface area contributed by atoms with Gasteiger partial charge in [-0.15, -0.1) is 0 Å². The van der Waals surface area contributed by atoms with Crippen LogP contribution in [0.2, 0.25) is 0 Å². The summed E-state index contributed by atoms with van der Waals surface area (Å²) in [5.41, 5.74) is 36.2. The Morgan fingerprint density at radius 1 is 0.625 bits per heavy atom. The minimum absolute atomic E-state index is 0.222. The molecule has 0 spiro atoms. The normalized spacial score (nSPS) is 52.7. The van der Waals surface area contributed by atoms with Gasteiger partial charge in [-0.1, -0.05) is 0 Å². The number of hydrogen-bond acceptors (Lipinski definition) is 14. The van der Waals surface area contributed by atoms with E-state index in [0.717, 1.165) is 0 Å².